The van der Waals surface area contributed by atoms with E-state index in [0.717, 1.165) is 30.5 Å². The molecule has 0 aromatic heterocycles. The van der Waals surface area contributed by atoms with Crippen LogP contribution in [-0.4, -0.2) is 42.6 Å². The Kier molecular flexibility index (Phi) is 4.00. The highest BCUT2D eigenvalue weighted by Gasteiger charge is 2.51. The fraction of sp³-hybridized carbons (Fsp3) is 0.647. The van der Waals surface area contributed by atoms with Gasteiger partial charge in [-0.1, -0.05) is 12.1 Å². The Morgan fingerprint density at radius 3 is 2.50 bits per heavy atom. The number of hydrogen-bond donors (Lipinski definition) is 1. The molecule has 2 heterocycles. The summed E-state index contributed by atoms with van der Waals surface area (Å²) in [6.07, 6.45) is 1.70. The van der Waals surface area contributed by atoms with Crippen molar-refractivity contribution in [3.05, 3.63) is 24.3 Å². The molecule has 22 heavy (non-hydrogen) atoms. The molecule has 0 saturated carbocycles. The Hall–Kier alpha value is -1.04. The third-order valence-corrected chi connectivity index (χ3v) is 5.16. The van der Waals surface area contributed by atoms with Gasteiger partial charge in [-0.15, -0.1) is 0 Å². The summed E-state index contributed by atoms with van der Waals surface area (Å²) in [7, 11) is -0.334. The number of β-amino-alcohol motifs (C(OH)–C–C–N with tert-alkyl or cyclic N) is 1. The molecular formula is C17H26BNO3. The first-order chi connectivity index (χ1) is 10.3. The third kappa shape index (κ3) is 2.90. The molecule has 4 nitrogen and oxygen atoms in total. The van der Waals surface area contributed by atoms with Gasteiger partial charge in [0.2, 0.25) is 0 Å². The van der Waals surface area contributed by atoms with Gasteiger partial charge in [-0.3, -0.25) is 0 Å². The maximum absolute atomic E-state index is 9.87. The van der Waals surface area contributed by atoms with Crippen LogP contribution in [0.25, 0.3) is 0 Å². The molecule has 0 bridgehead atoms. The smallest absolute Gasteiger partial charge is 0.399 e. The number of nitrogens with zero attached hydrogens (tertiary/aromatic N) is 1. The average molecular weight is 303 g/mol. The minimum Gasteiger partial charge on any atom is -0.399 e. The molecule has 2 fully saturated rings. The quantitative estimate of drug-likeness (QED) is 0.848. The second-order valence-corrected chi connectivity index (χ2v) is 7.43. The zero-order valence-electron chi connectivity index (χ0n) is 14.0. The van der Waals surface area contributed by atoms with Gasteiger partial charge in [-0.25, -0.2) is 0 Å². The summed E-state index contributed by atoms with van der Waals surface area (Å²) < 4.78 is 12.2. The lowest BCUT2D eigenvalue weighted by atomic mass is 9.79. The highest BCUT2D eigenvalue weighted by atomic mass is 16.7. The molecule has 0 aliphatic carbocycles. The van der Waals surface area contributed by atoms with Gasteiger partial charge in [0.05, 0.1) is 17.3 Å². The predicted octanol–water partition coefficient (Wildman–Crippen LogP) is 1.95. The van der Waals surface area contributed by atoms with E-state index in [2.05, 4.69) is 44.7 Å². The van der Waals surface area contributed by atoms with Crippen LogP contribution >= 0.6 is 0 Å². The number of piperidine rings is 1. The molecule has 1 aromatic rings. The normalized spacial score (nSPS) is 27.2. The molecule has 1 aromatic carbocycles. The predicted molar refractivity (Wildman–Crippen MR) is 89.6 cm³/mol. The number of anilines is 1. The summed E-state index contributed by atoms with van der Waals surface area (Å²) in [5.74, 6) is 0. The fourth-order valence-electron chi connectivity index (χ4n) is 3.04. The van der Waals surface area contributed by atoms with Crippen molar-refractivity contribution in [3.63, 3.8) is 0 Å². The maximum Gasteiger partial charge on any atom is 0.494 e. The fourth-order valence-corrected chi connectivity index (χ4v) is 3.04. The second-order valence-electron chi connectivity index (χ2n) is 7.43. The number of aliphatic hydroxyl groups excluding tert-OH is 1. The molecule has 1 N–H and O–H groups in total. The van der Waals surface area contributed by atoms with E-state index in [9.17, 15) is 5.11 Å². The number of aliphatic hydroxyl groups is 1. The van der Waals surface area contributed by atoms with E-state index < -0.39 is 0 Å². The molecule has 120 valence electrons. The van der Waals surface area contributed by atoms with Crippen LogP contribution in [0.5, 0.6) is 0 Å². The number of benzene rings is 1. The number of hydrogen-bond acceptors (Lipinski definition) is 4. The highest BCUT2D eigenvalue weighted by molar-refractivity contribution is 6.62. The molecule has 1 atom stereocenters. The Bertz CT molecular complexity index is 530. The molecule has 0 radical (unpaired) electrons. The van der Waals surface area contributed by atoms with Crippen LogP contribution in [-0.2, 0) is 9.31 Å². The van der Waals surface area contributed by atoms with Gasteiger partial charge in [0.1, 0.15) is 0 Å². The first-order valence-corrected chi connectivity index (χ1v) is 8.17. The summed E-state index contributed by atoms with van der Waals surface area (Å²) in [5, 5.41) is 9.87. The topological polar surface area (TPSA) is 41.9 Å². The van der Waals surface area contributed by atoms with E-state index >= 15 is 0 Å². The van der Waals surface area contributed by atoms with E-state index in [1.54, 1.807) is 0 Å². The van der Waals surface area contributed by atoms with E-state index in [4.69, 9.17) is 9.31 Å². The summed E-state index contributed by atoms with van der Waals surface area (Å²) in [6.45, 7) is 9.96. The number of rotatable bonds is 2. The van der Waals surface area contributed by atoms with Gasteiger partial charge >= 0.3 is 7.12 Å². The minimum absolute atomic E-state index is 0.228. The molecular weight excluding hydrogens is 277 g/mol. The first-order valence-electron chi connectivity index (χ1n) is 8.17. The molecule has 0 amide bonds. The first kappa shape index (κ1) is 15.8. The molecule has 0 unspecified atom stereocenters. The van der Waals surface area contributed by atoms with E-state index in [1.165, 1.54) is 0 Å². The van der Waals surface area contributed by atoms with Crippen molar-refractivity contribution in [2.75, 3.05) is 18.0 Å². The SMILES string of the molecule is CC1(C)OB(c2cccc(N3CCC[C@@H](O)C3)c2)OC1(C)C. The van der Waals surface area contributed by atoms with Crippen molar-refractivity contribution < 1.29 is 14.4 Å². The van der Waals surface area contributed by atoms with E-state index in [-0.39, 0.29) is 24.4 Å². The molecule has 0 spiro atoms. The molecule has 3 rings (SSSR count). The van der Waals surface area contributed by atoms with E-state index in [1.807, 2.05) is 12.1 Å². The zero-order chi connectivity index (χ0) is 16.0. The van der Waals surface area contributed by atoms with Crippen LogP contribution in [0.2, 0.25) is 0 Å². The monoisotopic (exact) mass is 303 g/mol. The van der Waals surface area contributed by atoms with Gasteiger partial charge in [-0.2, -0.15) is 0 Å². The molecule has 2 aliphatic rings. The van der Waals surface area contributed by atoms with Gasteiger partial charge in [-0.05, 0) is 58.1 Å². The maximum atomic E-state index is 9.87. The van der Waals surface area contributed by atoms with Crippen molar-refractivity contribution in [2.24, 2.45) is 0 Å². The van der Waals surface area contributed by atoms with Crippen LogP contribution in [0.1, 0.15) is 40.5 Å². The van der Waals surface area contributed by atoms with Crippen molar-refractivity contribution in [2.45, 2.75) is 57.8 Å². The largest absolute Gasteiger partial charge is 0.494 e. The zero-order valence-corrected chi connectivity index (χ0v) is 14.0. The van der Waals surface area contributed by atoms with Gasteiger partial charge < -0.3 is 19.3 Å². The lowest BCUT2D eigenvalue weighted by Gasteiger charge is -2.32. The highest BCUT2D eigenvalue weighted by Crippen LogP contribution is 2.36. The van der Waals surface area contributed by atoms with Crippen LogP contribution in [0.15, 0.2) is 24.3 Å². The van der Waals surface area contributed by atoms with Crippen molar-refractivity contribution in [1.29, 1.82) is 0 Å². The van der Waals surface area contributed by atoms with Gasteiger partial charge in [0.25, 0.3) is 0 Å². The molecule has 5 heteroatoms. The van der Waals surface area contributed by atoms with Crippen LogP contribution in [0, 0.1) is 0 Å². The Morgan fingerprint density at radius 2 is 1.86 bits per heavy atom. The molecule has 2 aliphatic heterocycles. The summed E-state index contributed by atoms with van der Waals surface area (Å²) in [6, 6.07) is 8.30. The lowest BCUT2D eigenvalue weighted by molar-refractivity contribution is 0.00578. The van der Waals surface area contributed by atoms with Gasteiger partial charge in [0, 0.05) is 18.8 Å². The van der Waals surface area contributed by atoms with Gasteiger partial charge in [0.15, 0.2) is 0 Å². The van der Waals surface area contributed by atoms with Crippen LogP contribution < -0.4 is 10.4 Å². The average Bonchev–Trinajstić information content (AvgIpc) is 2.68. The standard InChI is InChI=1S/C17H26BNO3/c1-16(2)17(3,4)22-18(21-16)13-7-5-8-14(11-13)19-10-6-9-15(20)12-19/h5,7-8,11,15,20H,6,9-10,12H2,1-4H3/t15-/m1/s1. The Morgan fingerprint density at radius 1 is 1.18 bits per heavy atom. The van der Waals surface area contributed by atoms with Crippen molar-refractivity contribution >= 4 is 18.3 Å². The molecule has 2 saturated heterocycles. The van der Waals surface area contributed by atoms with Crippen molar-refractivity contribution in [1.82, 2.24) is 0 Å². The summed E-state index contributed by atoms with van der Waals surface area (Å²) in [4.78, 5) is 2.24. The summed E-state index contributed by atoms with van der Waals surface area (Å²) >= 11 is 0. The Labute approximate surface area is 133 Å². The van der Waals surface area contributed by atoms with Crippen LogP contribution in [0.4, 0.5) is 5.69 Å². The lowest BCUT2D eigenvalue weighted by Crippen LogP contribution is -2.41. The van der Waals surface area contributed by atoms with E-state index in [0.29, 0.717) is 6.54 Å². The van der Waals surface area contributed by atoms with Crippen LogP contribution in [0.3, 0.4) is 0 Å². The Balaban J connectivity index is 1.80. The van der Waals surface area contributed by atoms with Crippen molar-refractivity contribution in [3.8, 4) is 0 Å². The summed E-state index contributed by atoms with van der Waals surface area (Å²) in [5.41, 5.74) is 1.52. The second kappa shape index (κ2) is 5.55. The minimum atomic E-state index is -0.334. The third-order valence-electron chi connectivity index (χ3n) is 5.16.